The van der Waals surface area contributed by atoms with Crippen molar-refractivity contribution < 1.29 is 14.3 Å². The number of carbonyl (C=O) groups excluding carboxylic acids is 2. The maximum absolute atomic E-state index is 12.6. The molecule has 0 aliphatic heterocycles. The molecule has 4 rings (SSSR count). The first-order chi connectivity index (χ1) is 16.1. The molecule has 168 valence electrons. The lowest BCUT2D eigenvalue weighted by molar-refractivity contribution is -0.118. The van der Waals surface area contributed by atoms with E-state index in [1.165, 1.54) is 23.1 Å². The van der Waals surface area contributed by atoms with Gasteiger partial charge in [-0.3, -0.25) is 9.59 Å². The third kappa shape index (κ3) is 6.67. The largest absolute Gasteiger partial charge is 0.484 e. The molecule has 0 radical (unpaired) electrons. The standard InChI is InChI=1S/C24H21N3O3S3/c1-16(23(29)27-24-26-20(15-32-24)21-11-6-12-31-21)33-19-10-5-7-17(13-19)25-22(28)14-30-18-8-3-2-4-9-18/h2-13,15-16H,14H2,1H3,(H,25,28)(H,26,27,29). The molecular formula is C24H21N3O3S3. The van der Waals surface area contributed by atoms with Gasteiger partial charge in [-0.05, 0) is 48.7 Å². The summed E-state index contributed by atoms with van der Waals surface area (Å²) in [5, 5.41) is 9.89. The van der Waals surface area contributed by atoms with E-state index in [9.17, 15) is 9.59 Å². The van der Waals surface area contributed by atoms with E-state index in [0.717, 1.165) is 15.5 Å². The Morgan fingerprint density at radius 2 is 1.88 bits per heavy atom. The first-order valence-corrected chi connectivity index (χ1v) is 12.8. The predicted octanol–water partition coefficient (Wildman–Crippen LogP) is 6.01. The molecule has 2 amide bonds. The molecular weight excluding hydrogens is 474 g/mol. The predicted molar refractivity (Wildman–Crippen MR) is 136 cm³/mol. The number of ether oxygens (including phenoxy) is 1. The summed E-state index contributed by atoms with van der Waals surface area (Å²) in [4.78, 5) is 31.3. The van der Waals surface area contributed by atoms with Crippen LogP contribution < -0.4 is 15.4 Å². The zero-order valence-corrected chi connectivity index (χ0v) is 20.1. The fourth-order valence-electron chi connectivity index (χ4n) is 2.84. The fourth-order valence-corrected chi connectivity index (χ4v) is 5.24. The van der Waals surface area contributed by atoms with Gasteiger partial charge in [-0.1, -0.05) is 30.3 Å². The highest BCUT2D eigenvalue weighted by Crippen LogP contribution is 2.30. The second kappa shape index (κ2) is 11.1. The number of nitrogens with zero attached hydrogens (tertiary/aromatic N) is 1. The second-order valence-electron chi connectivity index (χ2n) is 6.94. The molecule has 2 heterocycles. The van der Waals surface area contributed by atoms with E-state index in [1.54, 1.807) is 29.5 Å². The van der Waals surface area contributed by atoms with Crippen LogP contribution in [0.25, 0.3) is 10.6 Å². The van der Waals surface area contributed by atoms with Gasteiger partial charge in [0.1, 0.15) is 5.75 Å². The normalized spacial score (nSPS) is 11.5. The molecule has 2 N–H and O–H groups in total. The molecule has 2 aromatic carbocycles. The van der Waals surface area contributed by atoms with E-state index in [2.05, 4.69) is 15.6 Å². The Kier molecular flexibility index (Phi) is 7.77. The number of thiazole rings is 1. The number of hydrogen-bond donors (Lipinski definition) is 2. The molecule has 0 saturated carbocycles. The quantitative estimate of drug-likeness (QED) is 0.278. The van der Waals surface area contributed by atoms with Gasteiger partial charge >= 0.3 is 0 Å². The zero-order valence-electron chi connectivity index (χ0n) is 17.7. The van der Waals surface area contributed by atoms with Crippen molar-refractivity contribution in [3.05, 3.63) is 77.5 Å². The van der Waals surface area contributed by atoms with Gasteiger partial charge < -0.3 is 15.4 Å². The molecule has 6 nitrogen and oxygen atoms in total. The third-order valence-electron chi connectivity index (χ3n) is 4.42. The summed E-state index contributed by atoms with van der Waals surface area (Å²) in [5.41, 5.74) is 1.51. The van der Waals surface area contributed by atoms with Crippen LogP contribution in [-0.4, -0.2) is 28.7 Å². The molecule has 0 fully saturated rings. The highest BCUT2D eigenvalue weighted by atomic mass is 32.2. The van der Waals surface area contributed by atoms with Gasteiger partial charge in [0.05, 0.1) is 15.8 Å². The second-order valence-corrected chi connectivity index (χ2v) is 10.2. The Bertz CT molecular complexity index is 1210. The number of anilines is 2. The molecule has 0 bridgehead atoms. The average Bonchev–Trinajstić information content (AvgIpc) is 3.51. The molecule has 1 atom stereocenters. The number of carbonyl (C=O) groups is 2. The molecule has 0 aliphatic rings. The zero-order chi connectivity index (χ0) is 23.0. The Morgan fingerprint density at radius 3 is 2.67 bits per heavy atom. The van der Waals surface area contributed by atoms with Crippen molar-refractivity contribution in [1.29, 1.82) is 0 Å². The van der Waals surface area contributed by atoms with Crippen LogP contribution in [0.4, 0.5) is 10.8 Å². The van der Waals surface area contributed by atoms with Gasteiger partial charge in [-0.25, -0.2) is 4.98 Å². The van der Waals surface area contributed by atoms with Crippen LogP contribution in [0.5, 0.6) is 5.75 Å². The highest BCUT2D eigenvalue weighted by Gasteiger charge is 2.17. The minimum absolute atomic E-state index is 0.0819. The van der Waals surface area contributed by atoms with Gasteiger partial charge in [0.25, 0.3) is 5.91 Å². The number of benzene rings is 2. The summed E-state index contributed by atoms with van der Waals surface area (Å²) < 4.78 is 5.47. The number of nitrogens with one attached hydrogen (secondary N) is 2. The number of aromatic nitrogens is 1. The maximum atomic E-state index is 12.6. The van der Waals surface area contributed by atoms with Crippen molar-refractivity contribution in [2.75, 3.05) is 17.2 Å². The van der Waals surface area contributed by atoms with E-state index in [4.69, 9.17) is 4.74 Å². The van der Waals surface area contributed by atoms with E-state index in [0.29, 0.717) is 16.6 Å². The van der Waals surface area contributed by atoms with E-state index in [-0.39, 0.29) is 23.7 Å². The first kappa shape index (κ1) is 23.0. The number of amides is 2. The fraction of sp³-hybridized carbons (Fsp3) is 0.125. The topological polar surface area (TPSA) is 80.3 Å². The lowest BCUT2D eigenvalue weighted by Gasteiger charge is -2.12. The van der Waals surface area contributed by atoms with E-state index in [1.807, 2.05) is 66.2 Å². The van der Waals surface area contributed by atoms with E-state index < -0.39 is 0 Å². The lowest BCUT2D eigenvalue weighted by atomic mass is 10.3. The molecule has 9 heteroatoms. The van der Waals surface area contributed by atoms with Gasteiger partial charge in [-0.15, -0.1) is 34.4 Å². The Hall–Kier alpha value is -3.14. The van der Waals surface area contributed by atoms with Crippen molar-refractivity contribution in [3.63, 3.8) is 0 Å². The minimum atomic E-state index is -0.341. The van der Waals surface area contributed by atoms with Crippen LogP contribution in [0.15, 0.2) is 82.4 Å². The molecule has 1 unspecified atom stereocenters. The summed E-state index contributed by atoms with van der Waals surface area (Å²) >= 11 is 4.43. The molecule has 4 aromatic rings. The van der Waals surface area contributed by atoms with Crippen molar-refractivity contribution in [2.45, 2.75) is 17.1 Å². The molecule has 0 spiro atoms. The number of rotatable bonds is 9. The van der Waals surface area contributed by atoms with Gasteiger partial charge in [0.15, 0.2) is 11.7 Å². The van der Waals surface area contributed by atoms with Crippen LogP contribution in [0.2, 0.25) is 0 Å². The molecule has 2 aromatic heterocycles. The van der Waals surface area contributed by atoms with Crippen LogP contribution in [0.1, 0.15) is 6.92 Å². The average molecular weight is 496 g/mol. The van der Waals surface area contributed by atoms with Crippen LogP contribution >= 0.6 is 34.4 Å². The summed E-state index contributed by atoms with van der Waals surface area (Å²) in [7, 11) is 0. The number of thiophene rings is 1. The van der Waals surface area contributed by atoms with Gasteiger partial charge in [-0.2, -0.15) is 0 Å². The molecule has 0 saturated heterocycles. The minimum Gasteiger partial charge on any atom is -0.484 e. The first-order valence-electron chi connectivity index (χ1n) is 10.1. The summed E-state index contributed by atoms with van der Waals surface area (Å²) in [6, 6.07) is 20.5. The van der Waals surface area contributed by atoms with Crippen LogP contribution in [0, 0.1) is 0 Å². The molecule has 0 aliphatic carbocycles. The maximum Gasteiger partial charge on any atom is 0.262 e. The smallest absolute Gasteiger partial charge is 0.262 e. The third-order valence-corrected chi connectivity index (χ3v) is 7.16. The number of para-hydroxylation sites is 1. The Morgan fingerprint density at radius 1 is 1.03 bits per heavy atom. The Labute approximate surface area is 204 Å². The SMILES string of the molecule is CC(Sc1cccc(NC(=O)COc2ccccc2)c1)C(=O)Nc1nc(-c2cccs2)cs1. The Balaban J connectivity index is 1.29. The summed E-state index contributed by atoms with van der Waals surface area (Å²) in [6.07, 6.45) is 0. The van der Waals surface area contributed by atoms with Crippen molar-refractivity contribution in [3.8, 4) is 16.3 Å². The monoisotopic (exact) mass is 495 g/mol. The van der Waals surface area contributed by atoms with Crippen molar-refractivity contribution >= 4 is 57.1 Å². The lowest BCUT2D eigenvalue weighted by Crippen LogP contribution is -2.22. The summed E-state index contributed by atoms with van der Waals surface area (Å²) in [6.45, 7) is 1.76. The number of hydrogen-bond acceptors (Lipinski definition) is 7. The van der Waals surface area contributed by atoms with Gasteiger partial charge in [0, 0.05) is 16.0 Å². The van der Waals surface area contributed by atoms with Crippen LogP contribution in [-0.2, 0) is 9.59 Å². The number of thioether (sulfide) groups is 1. The van der Waals surface area contributed by atoms with Crippen molar-refractivity contribution in [1.82, 2.24) is 4.98 Å². The van der Waals surface area contributed by atoms with Gasteiger partial charge in [0.2, 0.25) is 5.91 Å². The van der Waals surface area contributed by atoms with Crippen molar-refractivity contribution in [2.24, 2.45) is 0 Å². The molecule has 33 heavy (non-hydrogen) atoms. The van der Waals surface area contributed by atoms with E-state index >= 15 is 0 Å². The van der Waals surface area contributed by atoms with Crippen LogP contribution in [0.3, 0.4) is 0 Å². The summed E-state index contributed by atoms with van der Waals surface area (Å²) in [5.74, 6) is 0.259. The highest BCUT2D eigenvalue weighted by molar-refractivity contribution is 8.00.